The first-order chi connectivity index (χ1) is 12.4. The van der Waals surface area contributed by atoms with Crippen LogP contribution in [0.25, 0.3) is 0 Å². The number of nitrogens with one attached hydrogen (secondary N) is 1. The van der Waals surface area contributed by atoms with Crippen LogP contribution in [-0.2, 0) is 6.18 Å². The van der Waals surface area contributed by atoms with Crippen molar-refractivity contribution in [1.29, 1.82) is 0 Å². The third-order valence-corrected chi connectivity index (χ3v) is 4.45. The molecular formula is C18H26F3N3O2. The number of rotatable bonds is 7. The lowest BCUT2D eigenvalue weighted by molar-refractivity contribution is -0.137. The Morgan fingerprint density at radius 3 is 2.54 bits per heavy atom. The summed E-state index contributed by atoms with van der Waals surface area (Å²) in [6.45, 7) is 3.88. The zero-order valence-corrected chi connectivity index (χ0v) is 15.0. The molecule has 1 heterocycles. The summed E-state index contributed by atoms with van der Waals surface area (Å²) < 4.78 is 39.3. The van der Waals surface area contributed by atoms with E-state index >= 15 is 0 Å². The summed E-state index contributed by atoms with van der Waals surface area (Å²) >= 11 is 0. The maximum absolute atomic E-state index is 13.1. The van der Waals surface area contributed by atoms with E-state index in [9.17, 15) is 18.0 Å². The summed E-state index contributed by atoms with van der Waals surface area (Å²) in [5, 5.41) is 11.8. The molecule has 0 spiro atoms. The van der Waals surface area contributed by atoms with Crippen LogP contribution in [0.5, 0.6) is 0 Å². The second kappa shape index (κ2) is 9.12. The van der Waals surface area contributed by atoms with E-state index in [0.717, 1.165) is 50.9 Å². The van der Waals surface area contributed by atoms with E-state index in [-0.39, 0.29) is 18.8 Å². The van der Waals surface area contributed by atoms with Gasteiger partial charge in [0.1, 0.15) is 0 Å². The first-order valence-electron chi connectivity index (χ1n) is 8.99. The molecule has 2 N–H and O–H groups in total. The Labute approximate surface area is 151 Å². The van der Waals surface area contributed by atoms with Crippen molar-refractivity contribution in [2.24, 2.45) is 0 Å². The summed E-state index contributed by atoms with van der Waals surface area (Å²) in [6, 6.07) is 2.97. The Bertz CT molecular complexity index is 602. The van der Waals surface area contributed by atoms with Gasteiger partial charge in [0.05, 0.1) is 23.5 Å². The second-order valence-electron chi connectivity index (χ2n) is 6.42. The van der Waals surface area contributed by atoms with E-state index < -0.39 is 17.8 Å². The minimum atomic E-state index is -4.48. The maximum Gasteiger partial charge on any atom is 0.416 e. The number of urea groups is 1. The summed E-state index contributed by atoms with van der Waals surface area (Å²) in [5.41, 5.74) is -0.0348. The molecule has 8 heteroatoms. The number of hydrogen-bond acceptors (Lipinski definition) is 3. The highest BCUT2D eigenvalue weighted by atomic mass is 19.4. The predicted molar refractivity (Wildman–Crippen MR) is 95.5 cm³/mol. The summed E-state index contributed by atoms with van der Waals surface area (Å²) in [6.07, 6.45) is -0.897. The van der Waals surface area contributed by atoms with Crippen molar-refractivity contribution < 1.29 is 23.1 Å². The Balaban J connectivity index is 2.27. The van der Waals surface area contributed by atoms with Gasteiger partial charge >= 0.3 is 12.2 Å². The molecule has 26 heavy (non-hydrogen) atoms. The Morgan fingerprint density at radius 2 is 1.96 bits per heavy atom. The van der Waals surface area contributed by atoms with Crippen molar-refractivity contribution in [2.45, 2.75) is 38.8 Å². The Morgan fingerprint density at radius 1 is 1.27 bits per heavy atom. The zero-order valence-electron chi connectivity index (χ0n) is 15.0. The predicted octanol–water partition coefficient (Wildman–Crippen LogP) is 3.93. The number of nitrogens with zero attached hydrogens (tertiary/aromatic N) is 2. The molecule has 1 saturated heterocycles. The molecule has 1 aliphatic heterocycles. The smallest absolute Gasteiger partial charge is 0.395 e. The number of carbonyl (C=O) groups is 1. The summed E-state index contributed by atoms with van der Waals surface area (Å²) in [7, 11) is 0. The zero-order chi connectivity index (χ0) is 19.2. The second-order valence-corrected chi connectivity index (χ2v) is 6.42. The van der Waals surface area contributed by atoms with Crippen LogP contribution >= 0.6 is 0 Å². The van der Waals surface area contributed by atoms with Crippen molar-refractivity contribution in [3.63, 3.8) is 0 Å². The van der Waals surface area contributed by atoms with Gasteiger partial charge in [-0.05, 0) is 37.5 Å². The molecule has 1 aromatic rings. The number of hydrogen-bond donors (Lipinski definition) is 2. The monoisotopic (exact) mass is 373 g/mol. The molecule has 1 aliphatic rings. The van der Waals surface area contributed by atoms with Crippen molar-refractivity contribution in [3.8, 4) is 0 Å². The van der Waals surface area contributed by atoms with E-state index in [1.165, 1.54) is 11.0 Å². The molecule has 5 nitrogen and oxygen atoms in total. The highest BCUT2D eigenvalue weighted by Crippen LogP contribution is 2.36. The molecule has 0 unspecified atom stereocenters. The fraction of sp³-hybridized carbons (Fsp3) is 0.611. The average molecular weight is 373 g/mol. The van der Waals surface area contributed by atoms with Crippen LogP contribution in [0.3, 0.4) is 0 Å². The number of carbonyl (C=O) groups excluding carboxylic acids is 1. The fourth-order valence-corrected chi connectivity index (χ4v) is 3.03. The van der Waals surface area contributed by atoms with Crippen molar-refractivity contribution in [1.82, 2.24) is 4.90 Å². The van der Waals surface area contributed by atoms with Gasteiger partial charge in [-0.3, -0.25) is 0 Å². The largest absolute Gasteiger partial charge is 0.416 e. The standard InChI is InChI=1S/C18H26F3N3O2/c1-2-3-8-24(11-12-25)17(26)22-15-13-14(18(19,20)21)6-7-16(15)23-9-4-5-10-23/h6-7,13,25H,2-5,8-12H2,1H3,(H,22,26). The van der Waals surface area contributed by atoms with Crippen molar-refractivity contribution in [3.05, 3.63) is 23.8 Å². The van der Waals surface area contributed by atoms with Crippen LogP contribution in [0.2, 0.25) is 0 Å². The summed E-state index contributed by atoms with van der Waals surface area (Å²) in [5.74, 6) is 0. The third-order valence-electron chi connectivity index (χ3n) is 4.45. The molecule has 0 aromatic heterocycles. The number of halogens is 3. The van der Waals surface area contributed by atoms with Crippen molar-refractivity contribution in [2.75, 3.05) is 43.0 Å². The molecule has 146 valence electrons. The molecule has 2 amide bonds. The quantitative estimate of drug-likeness (QED) is 0.761. The average Bonchev–Trinajstić information content (AvgIpc) is 3.12. The lowest BCUT2D eigenvalue weighted by Gasteiger charge is -2.26. The minimum absolute atomic E-state index is 0.143. The van der Waals surface area contributed by atoms with Gasteiger partial charge in [-0.25, -0.2) is 4.79 Å². The van der Waals surface area contributed by atoms with Crippen LogP contribution in [0.1, 0.15) is 38.2 Å². The lowest BCUT2D eigenvalue weighted by Crippen LogP contribution is -2.38. The van der Waals surface area contributed by atoms with Gasteiger partial charge in [-0.1, -0.05) is 13.3 Å². The normalized spacial score (nSPS) is 14.6. The SMILES string of the molecule is CCCCN(CCO)C(=O)Nc1cc(C(F)(F)F)ccc1N1CCCC1. The molecule has 0 radical (unpaired) electrons. The number of aliphatic hydroxyl groups excluding tert-OH is 1. The van der Waals surface area contributed by atoms with Crippen LogP contribution in [-0.4, -0.2) is 48.8 Å². The van der Waals surface area contributed by atoms with Crippen LogP contribution < -0.4 is 10.2 Å². The molecule has 1 aromatic carbocycles. The third kappa shape index (κ3) is 5.27. The van der Waals surface area contributed by atoms with E-state index in [1.807, 2.05) is 11.8 Å². The Kier molecular flexibility index (Phi) is 7.14. The van der Waals surface area contributed by atoms with E-state index in [2.05, 4.69) is 5.32 Å². The van der Waals surface area contributed by atoms with E-state index in [1.54, 1.807) is 0 Å². The molecule has 2 rings (SSSR count). The van der Waals surface area contributed by atoms with E-state index in [0.29, 0.717) is 12.2 Å². The first kappa shape index (κ1) is 20.4. The first-order valence-corrected chi connectivity index (χ1v) is 8.99. The minimum Gasteiger partial charge on any atom is -0.395 e. The molecule has 0 aliphatic carbocycles. The molecular weight excluding hydrogens is 347 g/mol. The van der Waals surface area contributed by atoms with Gasteiger partial charge in [0, 0.05) is 26.2 Å². The van der Waals surface area contributed by atoms with Gasteiger partial charge in [-0.2, -0.15) is 13.2 Å². The van der Waals surface area contributed by atoms with Gasteiger partial charge in [0.2, 0.25) is 0 Å². The van der Waals surface area contributed by atoms with E-state index in [4.69, 9.17) is 5.11 Å². The molecule has 0 saturated carbocycles. The molecule has 0 atom stereocenters. The van der Waals surface area contributed by atoms with Gasteiger partial charge in [0.25, 0.3) is 0 Å². The van der Waals surface area contributed by atoms with Crippen LogP contribution in [0.15, 0.2) is 18.2 Å². The van der Waals surface area contributed by atoms with Gasteiger partial charge in [-0.15, -0.1) is 0 Å². The van der Waals surface area contributed by atoms with Crippen LogP contribution in [0, 0.1) is 0 Å². The van der Waals surface area contributed by atoms with Gasteiger partial charge < -0.3 is 20.2 Å². The number of aliphatic hydroxyl groups is 1. The number of alkyl halides is 3. The molecule has 0 bridgehead atoms. The highest BCUT2D eigenvalue weighted by molar-refractivity contribution is 5.93. The fourth-order valence-electron chi connectivity index (χ4n) is 3.03. The topological polar surface area (TPSA) is 55.8 Å². The summed E-state index contributed by atoms with van der Waals surface area (Å²) in [4.78, 5) is 16.0. The maximum atomic E-state index is 13.1. The lowest BCUT2D eigenvalue weighted by atomic mass is 10.1. The van der Waals surface area contributed by atoms with Crippen molar-refractivity contribution >= 4 is 17.4 Å². The highest BCUT2D eigenvalue weighted by Gasteiger charge is 2.32. The van der Waals surface area contributed by atoms with Gasteiger partial charge in [0.15, 0.2) is 0 Å². The number of unbranched alkanes of at least 4 members (excludes halogenated alkanes) is 1. The number of amides is 2. The number of anilines is 2. The van der Waals surface area contributed by atoms with Crippen LogP contribution in [0.4, 0.5) is 29.3 Å². The Hall–Kier alpha value is -1.96. The molecule has 1 fully saturated rings. The number of benzene rings is 1.